The molecule has 126 valence electrons. The standard InChI is InChI=1S/C16H27O5P/c1-4-20-22(18,21-5-2)16(3,17)13-9-10-14-19-15-11-7-6-8-12-15/h6-8,11-12,17H,4-5,9-10,13-14H2,1-3H3. The van der Waals surface area contributed by atoms with Crippen molar-refractivity contribution < 1.29 is 23.5 Å². The molecular formula is C16H27O5P. The molecule has 0 saturated heterocycles. The summed E-state index contributed by atoms with van der Waals surface area (Å²) in [7, 11) is -3.51. The third-order valence-corrected chi connectivity index (χ3v) is 5.84. The van der Waals surface area contributed by atoms with Crippen molar-refractivity contribution >= 4 is 7.60 Å². The number of ether oxygens (including phenoxy) is 1. The molecule has 6 heteroatoms. The van der Waals surface area contributed by atoms with Crippen LogP contribution >= 0.6 is 7.60 Å². The summed E-state index contributed by atoms with van der Waals surface area (Å²) in [5.41, 5.74) is 0. The van der Waals surface area contributed by atoms with Gasteiger partial charge >= 0.3 is 7.60 Å². The first kappa shape index (κ1) is 19.2. The van der Waals surface area contributed by atoms with Gasteiger partial charge in [-0.3, -0.25) is 4.57 Å². The van der Waals surface area contributed by atoms with E-state index in [1.165, 1.54) is 6.92 Å². The smallest absolute Gasteiger partial charge is 0.361 e. The van der Waals surface area contributed by atoms with Gasteiger partial charge in [-0.05, 0) is 52.2 Å². The first-order valence-electron chi connectivity index (χ1n) is 7.74. The summed E-state index contributed by atoms with van der Waals surface area (Å²) in [5.74, 6) is 0.823. The minimum absolute atomic E-state index is 0.241. The quantitative estimate of drug-likeness (QED) is 0.486. The van der Waals surface area contributed by atoms with Crippen LogP contribution in [0.2, 0.25) is 0 Å². The van der Waals surface area contributed by atoms with Crippen LogP contribution in [0.3, 0.4) is 0 Å². The zero-order valence-corrected chi connectivity index (χ0v) is 14.6. The van der Waals surface area contributed by atoms with Crippen LogP contribution in [0.4, 0.5) is 0 Å². The molecule has 0 spiro atoms. The Labute approximate surface area is 133 Å². The maximum Gasteiger partial charge on any atom is 0.361 e. The van der Waals surface area contributed by atoms with E-state index < -0.39 is 12.9 Å². The van der Waals surface area contributed by atoms with Gasteiger partial charge < -0.3 is 18.9 Å². The molecule has 0 amide bonds. The molecule has 22 heavy (non-hydrogen) atoms. The van der Waals surface area contributed by atoms with Crippen LogP contribution in [0, 0.1) is 0 Å². The fourth-order valence-electron chi connectivity index (χ4n) is 2.06. The van der Waals surface area contributed by atoms with Gasteiger partial charge in [0.05, 0.1) is 19.8 Å². The molecule has 0 saturated carbocycles. The molecule has 1 N–H and O–H groups in total. The second-order valence-corrected chi connectivity index (χ2v) is 7.64. The molecule has 0 aromatic heterocycles. The Balaban J connectivity index is 2.39. The highest BCUT2D eigenvalue weighted by Crippen LogP contribution is 2.60. The van der Waals surface area contributed by atoms with Crippen LogP contribution in [0.25, 0.3) is 0 Å². The Morgan fingerprint density at radius 1 is 1.09 bits per heavy atom. The van der Waals surface area contributed by atoms with Crippen molar-refractivity contribution in [3.8, 4) is 5.75 Å². The average Bonchev–Trinajstić information content (AvgIpc) is 2.48. The number of para-hydroxylation sites is 1. The lowest BCUT2D eigenvalue weighted by atomic mass is 10.2. The SMILES string of the molecule is CCOP(=O)(OCC)C(C)(O)CCCCOc1ccccc1. The highest BCUT2D eigenvalue weighted by atomic mass is 31.2. The van der Waals surface area contributed by atoms with Crippen molar-refractivity contribution in [2.24, 2.45) is 0 Å². The number of hydrogen-bond donors (Lipinski definition) is 1. The fraction of sp³-hybridized carbons (Fsp3) is 0.625. The van der Waals surface area contributed by atoms with Gasteiger partial charge in [-0.1, -0.05) is 18.2 Å². The molecule has 1 aromatic rings. The van der Waals surface area contributed by atoms with Gasteiger partial charge in [-0.15, -0.1) is 0 Å². The lowest BCUT2D eigenvalue weighted by Gasteiger charge is -2.31. The Hall–Kier alpha value is -0.870. The van der Waals surface area contributed by atoms with Gasteiger partial charge in [0.25, 0.3) is 0 Å². The van der Waals surface area contributed by atoms with E-state index in [1.54, 1.807) is 13.8 Å². The molecule has 0 aliphatic heterocycles. The van der Waals surface area contributed by atoms with E-state index in [0.717, 1.165) is 12.2 Å². The molecule has 0 bridgehead atoms. The van der Waals surface area contributed by atoms with E-state index in [1.807, 2.05) is 30.3 Å². The molecule has 0 fully saturated rings. The van der Waals surface area contributed by atoms with Gasteiger partial charge in [0.2, 0.25) is 0 Å². The van der Waals surface area contributed by atoms with E-state index in [4.69, 9.17) is 13.8 Å². The normalized spacial score (nSPS) is 14.5. The summed E-state index contributed by atoms with van der Waals surface area (Å²) >= 11 is 0. The number of benzene rings is 1. The number of aliphatic hydroxyl groups is 1. The van der Waals surface area contributed by atoms with Crippen LogP contribution in [0.1, 0.15) is 40.0 Å². The topological polar surface area (TPSA) is 65.0 Å². The summed E-state index contributed by atoms with van der Waals surface area (Å²) in [4.78, 5) is 0. The van der Waals surface area contributed by atoms with Gasteiger partial charge in [0, 0.05) is 0 Å². The second kappa shape index (κ2) is 9.31. The van der Waals surface area contributed by atoms with Crippen LogP contribution < -0.4 is 4.74 Å². The minimum Gasteiger partial charge on any atom is -0.494 e. The van der Waals surface area contributed by atoms with Gasteiger partial charge in [0.1, 0.15) is 5.75 Å². The Bertz CT molecular complexity index is 451. The predicted octanol–water partition coefficient (Wildman–Crippen LogP) is 4.21. The molecule has 1 rings (SSSR count). The van der Waals surface area contributed by atoms with E-state index in [-0.39, 0.29) is 13.2 Å². The van der Waals surface area contributed by atoms with Gasteiger partial charge in [-0.25, -0.2) is 0 Å². The lowest BCUT2D eigenvalue weighted by molar-refractivity contribution is 0.0717. The molecule has 1 atom stereocenters. The third kappa shape index (κ3) is 5.73. The Kier molecular flexibility index (Phi) is 8.12. The first-order valence-corrected chi connectivity index (χ1v) is 9.29. The number of hydrogen-bond acceptors (Lipinski definition) is 5. The highest BCUT2D eigenvalue weighted by Gasteiger charge is 2.45. The Morgan fingerprint density at radius 2 is 1.68 bits per heavy atom. The molecular weight excluding hydrogens is 303 g/mol. The Morgan fingerprint density at radius 3 is 2.23 bits per heavy atom. The van der Waals surface area contributed by atoms with Crippen molar-refractivity contribution in [1.29, 1.82) is 0 Å². The zero-order valence-electron chi connectivity index (χ0n) is 13.7. The monoisotopic (exact) mass is 330 g/mol. The van der Waals surface area contributed by atoms with Crippen molar-refractivity contribution in [2.75, 3.05) is 19.8 Å². The zero-order chi connectivity index (χ0) is 16.5. The summed E-state index contributed by atoms with van der Waals surface area (Å²) in [6.45, 7) is 6.00. The summed E-state index contributed by atoms with van der Waals surface area (Å²) in [6, 6.07) is 9.56. The van der Waals surface area contributed by atoms with Crippen LogP contribution in [-0.2, 0) is 13.6 Å². The molecule has 1 aromatic carbocycles. The molecule has 0 aliphatic carbocycles. The van der Waals surface area contributed by atoms with Crippen LogP contribution in [0.5, 0.6) is 5.75 Å². The molecule has 0 radical (unpaired) electrons. The van der Waals surface area contributed by atoms with Gasteiger partial charge in [0.15, 0.2) is 5.34 Å². The second-order valence-electron chi connectivity index (χ2n) is 5.17. The summed E-state index contributed by atoms with van der Waals surface area (Å²) in [5, 5.41) is 8.98. The van der Waals surface area contributed by atoms with Crippen molar-refractivity contribution in [3.63, 3.8) is 0 Å². The highest BCUT2D eigenvalue weighted by molar-refractivity contribution is 7.55. The third-order valence-electron chi connectivity index (χ3n) is 3.24. The van der Waals surface area contributed by atoms with E-state index >= 15 is 0 Å². The summed E-state index contributed by atoms with van der Waals surface area (Å²) in [6.07, 6.45) is 1.76. The van der Waals surface area contributed by atoms with E-state index in [2.05, 4.69) is 0 Å². The fourth-order valence-corrected chi connectivity index (χ4v) is 3.80. The van der Waals surface area contributed by atoms with Crippen LogP contribution in [-0.4, -0.2) is 30.3 Å². The first-order chi connectivity index (χ1) is 10.4. The average molecular weight is 330 g/mol. The predicted molar refractivity (Wildman–Crippen MR) is 87.3 cm³/mol. The van der Waals surface area contributed by atoms with Crippen molar-refractivity contribution in [3.05, 3.63) is 30.3 Å². The minimum atomic E-state index is -3.51. The molecule has 0 heterocycles. The maximum atomic E-state index is 12.6. The van der Waals surface area contributed by atoms with Crippen LogP contribution in [0.15, 0.2) is 30.3 Å². The number of rotatable bonds is 11. The molecule has 1 unspecified atom stereocenters. The van der Waals surface area contributed by atoms with Gasteiger partial charge in [-0.2, -0.15) is 0 Å². The number of unbranched alkanes of at least 4 members (excludes halogenated alkanes) is 1. The van der Waals surface area contributed by atoms with E-state index in [9.17, 15) is 9.67 Å². The largest absolute Gasteiger partial charge is 0.494 e. The maximum absolute atomic E-state index is 12.6. The lowest BCUT2D eigenvalue weighted by Crippen LogP contribution is -2.27. The van der Waals surface area contributed by atoms with Crippen molar-refractivity contribution in [1.82, 2.24) is 0 Å². The molecule has 5 nitrogen and oxygen atoms in total. The van der Waals surface area contributed by atoms with Crippen molar-refractivity contribution in [2.45, 2.75) is 45.4 Å². The van der Waals surface area contributed by atoms with E-state index in [0.29, 0.717) is 19.4 Å². The summed E-state index contributed by atoms with van der Waals surface area (Å²) < 4.78 is 28.6. The molecule has 0 aliphatic rings.